The lowest BCUT2D eigenvalue weighted by molar-refractivity contribution is -0.114. The van der Waals surface area contributed by atoms with Crippen LogP contribution in [0.2, 0.25) is 0 Å². The van der Waals surface area contributed by atoms with E-state index in [4.69, 9.17) is 4.74 Å². The SMILES string of the molecule is COCCNc1cc(-c2ccccc2)nc(Nc2ccc(NC(C)=O)cc2)n1. The zero-order chi connectivity index (χ0) is 19.8. The molecule has 1 aromatic heterocycles. The fraction of sp³-hybridized carbons (Fsp3) is 0.190. The molecule has 0 aliphatic carbocycles. The first kappa shape index (κ1) is 19.3. The predicted molar refractivity (Wildman–Crippen MR) is 112 cm³/mol. The van der Waals surface area contributed by atoms with E-state index >= 15 is 0 Å². The Morgan fingerprint density at radius 1 is 1.00 bits per heavy atom. The number of ether oxygens (including phenoxy) is 1. The second kappa shape index (κ2) is 9.48. The Kier molecular flexibility index (Phi) is 6.54. The van der Waals surface area contributed by atoms with Crippen LogP contribution < -0.4 is 16.0 Å². The molecule has 7 nitrogen and oxygen atoms in total. The number of amides is 1. The standard InChI is InChI=1S/C21H23N5O2/c1-15(27)23-17-8-10-18(11-9-17)24-21-25-19(16-6-4-3-5-7-16)14-20(26-21)22-12-13-28-2/h3-11,14H,12-13H2,1-2H3,(H,23,27)(H2,22,24,25,26). The number of hydrogen-bond donors (Lipinski definition) is 3. The molecule has 144 valence electrons. The zero-order valence-electron chi connectivity index (χ0n) is 15.9. The number of nitrogens with one attached hydrogen (secondary N) is 3. The first-order valence-corrected chi connectivity index (χ1v) is 8.96. The molecule has 0 fully saturated rings. The third kappa shape index (κ3) is 5.52. The Morgan fingerprint density at radius 3 is 2.39 bits per heavy atom. The molecule has 0 atom stereocenters. The smallest absolute Gasteiger partial charge is 0.229 e. The molecule has 0 unspecified atom stereocenters. The molecule has 0 saturated heterocycles. The van der Waals surface area contributed by atoms with E-state index in [1.807, 2.05) is 60.7 Å². The maximum absolute atomic E-state index is 11.1. The highest BCUT2D eigenvalue weighted by Crippen LogP contribution is 2.23. The van der Waals surface area contributed by atoms with Gasteiger partial charge in [-0.1, -0.05) is 30.3 Å². The number of hydrogen-bond acceptors (Lipinski definition) is 6. The molecule has 0 aliphatic rings. The number of nitrogens with zero attached hydrogens (tertiary/aromatic N) is 2. The predicted octanol–water partition coefficient (Wildman–Crippen LogP) is 3.90. The summed E-state index contributed by atoms with van der Waals surface area (Å²) in [4.78, 5) is 20.3. The summed E-state index contributed by atoms with van der Waals surface area (Å²) < 4.78 is 5.09. The van der Waals surface area contributed by atoms with Gasteiger partial charge in [-0.25, -0.2) is 4.98 Å². The molecule has 0 bridgehead atoms. The van der Waals surface area contributed by atoms with Crippen molar-refractivity contribution in [3.63, 3.8) is 0 Å². The van der Waals surface area contributed by atoms with Gasteiger partial charge in [-0.3, -0.25) is 4.79 Å². The summed E-state index contributed by atoms with van der Waals surface area (Å²) in [6.07, 6.45) is 0. The summed E-state index contributed by atoms with van der Waals surface area (Å²) in [6, 6.07) is 19.2. The van der Waals surface area contributed by atoms with Crippen molar-refractivity contribution in [2.45, 2.75) is 6.92 Å². The van der Waals surface area contributed by atoms with Gasteiger partial charge in [-0.05, 0) is 24.3 Å². The van der Waals surface area contributed by atoms with Gasteiger partial charge in [0.05, 0.1) is 12.3 Å². The number of carbonyl (C=O) groups excluding carboxylic acids is 1. The lowest BCUT2D eigenvalue weighted by atomic mass is 10.1. The van der Waals surface area contributed by atoms with Crippen LogP contribution in [0.15, 0.2) is 60.7 Å². The van der Waals surface area contributed by atoms with Crippen LogP contribution in [0.25, 0.3) is 11.3 Å². The quantitative estimate of drug-likeness (QED) is 0.516. The number of methoxy groups -OCH3 is 1. The molecule has 0 spiro atoms. The lowest BCUT2D eigenvalue weighted by Gasteiger charge is -2.12. The topological polar surface area (TPSA) is 88.2 Å². The molecule has 3 N–H and O–H groups in total. The van der Waals surface area contributed by atoms with Crippen LogP contribution in [0.4, 0.5) is 23.1 Å². The highest BCUT2D eigenvalue weighted by molar-refractivity contribution is 5.88. The number of benzene rings is 2. The number of aromatic nitrogens is 2. The molecular weight excluding hydrogens is 354 g/mol. The molecule has 0 saturated carbocycles. The zero-order valence-corrected chi connectivity index (χ0v) is 15.9. The normalized spacial score (nSPS) is 10.4. The molecule has 0 aliphatic heterocycles. The van der Waals surface area contributed by atoms with Gasteiger partial charge in [-0.2, -0.15) is 4.98 Å². The van der Waals surface area contributed by atoms with E-state index in [0.29, 0.717) is 24.9 Å². The van der Waals surface area contributed by atoms with Crippen LogP contribution in [0.1, 0.15) is 6.92 Å². The van der Waals surface area contributed by atoms with Crippen molar-refractivity contribution >= 4 is 29.0 Å². The molecule has 0 radical (unpaired) electrons. The Balaban J connectivity index is 1.84. The van der Waals surface area contributed by atoms with Crippen molar-refractivity contribution in [3.8, 4) is 11.3 Å². The van der Waals surface area contributed by atoms with Crippen LogP contribution in [0, 0.1) is 0 Å². The van der Waals surface area contributed by atoms with Crippen molar-refractivity contribution in [2.75, 3.05) is 36.2 Å². The third-order valence-corrected chi connectivity index (χ3v) is 3.87. The summed E-state index contributed by atoms with van der Waals surface area (Å²) in [7, 11) is 1.66. The summed E-state index contributed by atoms with van der Waals surface area (Å²) in [6.45, 7) is 2.71. The second-order valence-corrected chi connectivity index (χ2v) is 6.13. The average Bonchev–Trinajstić information content (AvgIpc) is 2.70. The Morgan fingerprint density at radius 2 is 1.71 bits per heavy atom. The van der Waals surface area contributed by atoms with E-state index in [0.717, 1.165) is 22.6 Å². The summed E-state index contributed by atoms with van der Waals surface area (Å²) >= 11 is 0. The van der Waals surface area contributed by atoms with Gasteiger partial charge >= 0.3 is 0 Å². The second-order valence-electron chi connectivity index (χ2n) is 6.13. The highest BCUT2D eigenvalue weighted by Gasteiger charge is 2.07. The fourth-order valence-electron chi connectivity index (χ4n) is 2.60. The lowest BCUT2D eigenvalue weighted by Crippen LogP contribution is -2.10. The molecule has 1 heterocycles. The van der Waals surface area contributed by atoms with Crippen LogP contribution in [0.3, 0.4) is 0 Å². The van der Waals surface area contributed by atoms with Crippen molar-refractivity contribution in [3.05, 3.63) is 60.7 Å². The van der Waals surface area contributed by atoms with E-state index in [-0.39, 0.29) is 5.91 Å². The highest BCUT2D eigenvalue weighted by atomic mass is 16.5. The van der Waals surface area contributed by atoms with Crippen molar-refractivity contribution in [1.29, 1.82) is 0 Å². The largest absolute Gasteiger partial charge is 0.383 e. The average molecular weight is 377 g/mol. The Labute approximate surface area is 164 Å². The minimum atomic E-state index is -0.105. The van der Waals surface area contributed by atoms with E-state index in [2.05, 4.69) is 25.9 Å². The molecular formula is C21H23N5O2. The van der Waals surface area contributed by atoms with Crippen molar-refractivity contribution < 1.29 is 9.53 Å². The minimum absolute atomic E-state index is 0.105. The first-order chi connectivity index (χ1) is 13.6. The van der Waals surface area contributed by atoms with Gasteiger partial charge in [0.25, 0.3) is 0 Å². The summed E-state index contributed by atoms with van der Waals surface area (Å²) in [5.74, 6) is 1.09. The Hall–Kier alpha value is -3.45. The van der Waals surface area contributed by atoms with Gasteiger partial charge in [0.2, 0.25) is 11.9 Å². The van der Waals surface area contributed by atoms with Crippen molar-refractivity contribution in [2.24, 2.45) is 0 Å². The number of anilines is 4. The fourth-order valence-corrected chi connectivity index (χ4v) is 2.60. The van der Waals surface area contributed by atoms with Crippen LogP contribution >= 0.6 is 0 Å². The minimum Gasteiger partial charge on any atom is -0.383 e. The monoisotopic (exact) mass is 377 g/mol. The third-order valence-electron chi connectivity index (χ3n) is 3.87. The van der Waals surface area contributed by atoms with Gasteiger partial charge in [0, 0.05) is 43.6 Å². The molecule has 3 aromatic rings. The van der Waals surface area contributed by atoms with Gasteiger partial charge in [0.15, 0.2) is 0 Å². The van der Waals surface area contributed by atoms with Gasteiger partial charge in [0.1, 0.15) is 5.82 Å². The van der Waals surface area contributed by atoms with E-state index < -0.39 is 0 Å². The number of carbonyl (C=O) groups is 1. The van der Waals surface area contributed by atoms with Crippen molar-refractivity contribution in [1.82, 2.24) is 9.97 Å². The van der Waals surface area contributed by atoms with E-state index in [9.17, 15) is 4.79 Å². The number of rotatable bonds is 8. The maximum atomic E-state index is 11.1. The van der Waals surface area contributed by atoms with Crippen LogP contribution in [0.5, 0.6) is 0 Å². The summed E-state index contributed by atoms with van der Waals surface area (Å²) in [5.41, 5.74) is 3.37. The first-order valence-electron chi connectivity index (χ1n) is 8.96. The van der Waals surface area contributed by atoms with Gasteiger partial charge in [-0.15, -0.1) is 0 Å². The van der Waals surface area contributed by atoms with E-state index in [1.165, 1.54) is 6.92 Å². The van der Waals surface area contributed by atoms with Crippen LogP contribution in [-0.2, 0) is 9.53 Å². The molecule has 2 aromatic carbocycles. The molecule has 3 rings (SSSR count). The molecule has 7 heteroatoms. The Bertz CT molecular complexity index is 914. The van der Waals surface area contributed by atoms with E-state index in [1.54, 1.807) is 7.11 Å². The summed E-state index contributed by atoms with van der Waals surface area (Å²) in [5, 5.41) is 9.21. The van der Waals surface area contributed by atoms with Crippen LogP contribution in [-0.4, -0.2) is 36.1 Å². The maximum Gasteiger partial charge on any atom is 0.229 e. The molecule has 1 amide bonds. The molecule has 28 heavy (non-hydrogen) atoms. The van der Waals surface area contributed by atoms with Gasteiger partial charge < -0.3 is 20.7 Å².